The van der Waals surface area contributed by atoms with Gasteiger partial charge in [0.2, 0.25) is 0 Å². The highest BCUT2D eigenvalue weighted by Gasteiger charge is 2.10. The lowest BCUT2D eigenvalue weighted by Crippen LogP contribution is -2.19. The largest absolute Gasteiger partial charge is 0.497 e. The monoisotopic (exact) mass is 336 g/mol. The molecule has 0 saturated heterocycles. The van der Waals surface area contributed by atoms with Crippen LogP contribution in [0.2, 0.25) is 5.02 Å². The number of nitrogens with one attached hydrogen (secondary N) is 2. The molecule has 0 fully saturated rings. The van der Waals surface area contributed by atoms with Crippen LogP contribution in [-0.2, 0) is 0 Å². The first-order chi connectivity index (χ1) is 11.0. The number of hydrogen-bond donors (Lipinski definition) is 2. The molecule has 0 atom stereocenters. The zero-order chi connectivity index (χ0) is 16.8. The minimum Gasteiger partial charge on any atom is -0.497 e. The number of carbonyl (C=O) groups is 1. The molecular formula is C16H17ClN2O4. The fraction of sp³-hybridized carbons (Fsp3) is 0.188. The normalized spacial score (nSPS) is 9.91. The van der Waals surface area contributed by atoms with E-state index in [1.807, 2.05) is 0 Å². The first-order valence-corrected chi connectivity index (χ1v) is 7.08. The van der Waals surface area contributed by atoms with Gasteiger partial charge in [-0.1, -0.05) is 11.6 Å². The van der Waals surface area contributed by atoms with Crippen molar-refractivity contribution in [3.05, 3.63) is 41.4 Å². The summed E-state index contributed by atoms with van der Waals surface area (Å²) in [6.45, 7) is 0. The van der Waals surface area contributed by atoms with Crippen molar-refractivity contribution in [1.29, 1.82) is 0 Å². The van der Waals surface area contributed by atoms with Crippen LogP contribution in [0.1, 0.15) is 0 Å². The molecule has 2 aromatic rings. The summed E-state index contributed by atoms with van der Waals surface area (Å²) in [5.41, 5.74) is 0.993. The van der Waals surface area contributed by atoms with Crippen molar-refractivity contribution >= 4 is 29.0 Å². The Bertz CT molecular complexity index is 684. The Hall–Kier alpha value is -2.60. The second-order valence-corrected chi connectivity index (χ2v) is 4.96. The minimum atomic E-state index is -0.444. The Morgan fingerprint density at radius 1 is 0.913 bits per heavy atom. The summed E-state index contributed by atoms with van der Waals surface area (Å²) in [7, 11) is 4.59. The molecular weight excluding hydrogens is 320 g/mol. The maximum Gasteiger partial charge on any atom is 0.323 e. The van der Waals surface area contributed by atoms with Gasteiger partial charge in [0.25, 0.3) is 0 Å². The molecule has 122 valence electrons. The highest BCUT2D eigenvalue weighted by Crippen LogP contribution is 2.29. The van der Waals surface area contributed by atoms with Crippen molar-refractivity contribution in [3.63, 3.8) is 0 Å². The molecule has 2 aromatic carbocycles. The van der Waals surface area contributed by atoms with Gasteiger partial charge in [-0.25, -0.2) is 4.79 Å². The van der Waals surface area contributed by atoms with Gasteiger partial charge in [0.15, 0.2) is 0 Å². The maximum atomic E-state index is 12.2. The Balaban J connectivity index is 2.15. The second-order valence-electron chi connectivity index (χ2n) is 4.53. The second kappa shape index (κ2) is 7.60. The number of benzene rings is 2. The topological polar surface area (TPSA) is 68.8 Å². The van der Waals surface area contributed by atoms with E-state index in [0.29, 0.717) is 33.6 Å². The number of carbonyl (C=O) groups excluding carboxylic acids is 1. The zero-order valence-corrected chi connectivity index (χ0v) is 13.7. The Labute approximate surface area is 139 Å². The smallest absolute Gasteiger partial charge is 0.323 e. The van der Waals surface area contributed by atoms with E-state index in [1.54, 1.807) is 36.4 Å². The van der Waals surface area contributed by atoms with Gasteiger partial charge in [-0.3, -0.25) is 0 Å². The average molecular weight is 337 g/mol. The molecule has 0 aliphatic carbocycles. The van der Waals surface area contributed by atoms with E-state index < -0.39 is 6.03 Å². The fourth-order valence-corrected chi connectivity index (χ4v) is 2.11. The van der Waals surface area contributed by atoms with E-state index in [-0.39, 0.29) is 0 Å². The molecule has 0 heterocycles. The van der Waals surface area contributed by atoms with Crippen molar-refractivity contribution in [1.82, 2.24) is 0 Å². The van der Waals surface area contributed by atoms with Crippen molar-refractivity contribution < 1.29 is 19.0 Å². The number of methoxy groups -OCH3 is 3. The summed E-state index contributed by atoms with van der Waals surface area (Å²) in [6, 6.07) is 9.58. The van der Waals surface area contributed by atoms with Gasteiger partial charge in [-0.05, 0) is 18.2 Å². The highest BCUT2D eigenvalue weighted by molar-refractivity contribution is 6.31. The number of ether oxygens (including phenoxy) is 3. The number of hydrogen-bond acceptors (Lipinski definition) is 4. The Morgan fingerprint density at radius 3 is 2.13 bits per heavy atom. The summed E-state index contributed by atoms with van der Waals surface area (Å²) < 4.78 is 15.5. The number of anilines is 2. The SMILES string of the molecule is COc1cc(NC(=O)Nc2cc(Cl)ccc2OC)cc(OC)c1. The van der Waals surface area contributed by atoms with Crippen LogP contribution in [0.3, 0.4) is 0 Å². The van der Waals surface area contributed by atoms with Crippen molar-refractivity contribution in [2.45, 2.75) is 0 Å². The summed E-state index contributed by atoms with van der Waals surface area (Å²) in [4.78, 5) is 12.2. The first kappa shape index (κ1) is 16.8. The van der Waals surface area contributed by atoms with E-state index in [4.69, 9.17) is 25.8 Å². The van der Waals surface area contributed by atoms with E-state index in [0.717, 1.165) is 0 Å². The molecule has 2 rings (SSSR count). The maximum absolute atomic E-state index is 12.2. The molecule has 6 nitrogen and oxygen atoms in total. The van der Waals surface area contributed by atoms with Crippen molar-refractivity contribution in [3.8, 4) is 17.2 Å². The van der Waals surface area contributed by atoms with E-state index in [1.165, 1.54) is 21.3 Å². The minimum absolute atomic E-state index is 0.444. The third kappa shape index (κ3) is 4.43. The van der Waals surface area contributed by atoms with Crippen LogP contribution < -0.4 is 24.8 Å². The number of halogens is 1. The number of amides is 2. The molecule has 7 heteroatoms. The van der Waals surface area contributed by atoms with Crippen LogP contribution in [0.5, 0.6) is 17.2 Å². The lowest BCUT2D eigenvalue weighted by Gasteiger charge is -2.13. The summed E-state index contributed by atoms with van der Waals surface area (Å²) >= 11 is 5.94. The lowest BCUT2D eigenvalue weighted by molar-refractivity contribution is 0.262. The van der Waals surface area contributed by atoms with Crippen LogP contribution >= 0.6 is 11.6 Å². The van der Waals surface area contributed by atoms with Gasteiger partial charge in [0.05, 0.1) is 27.0 Å². The van der Waals surface area contributed by atoms with Crippen LogP contribution in [0.4, 0.5) is 16.2 Å². The Morgan fingerprint density at radius 2 is 1.57 bits per heavy atom. The quantitative estimate of drug-likeness (QED) is 0.865. The number of urea groups is 1. The van der Waals surface area contributed by atoms with Gasteiger partial charge in [-0.15, -0.1) is 0 Å². The summed E-state index contributed by atoms with van der Waals surface area (Å²) in [5.74, 6) is 1.65. The van der Waals surface area contributed by atoms with Gasteiger partial charge in [0, 0.05) is 28.9 Å². The van der Waals surface area contributed by atoms with Gasteiger partial charge in [-0.2, -0.15) is 0 Å². The number of rotatable bonds is 5. The molecule has 0 saturated carbocycles. The van der Waals surface area contributed by atoms with E-state index in [2.05, 4.69) is 10.6 Å². The van der Waals surface area contributed by atoms with Crippen LogP contribution in [-0.4, -0.2) is 27.4 Å². The molecule has 2 N–H and O–H groups in total. The molecule has 0 aliphatic heterocycles. The predicted molar refractivity (Wildman–Crippen MR) is 90.2 cm³/mol. The molecule has 0 aliphatic rings. The fourth-order valence-electron chi connectivity index (χ4n) is 1.94. The third-order valence-corrected chi connectivity index (χ3v) is 3.25. The van der Waals surface area contributed by atoms with Crippen LogP contribution in [0, 0.1) is 0 Å². The van der Waals surface area contributed by atoms with Crippen molar-refractivity contribution in [2.75, 3.05) is 32.0 Å². The molecule has 0 unspecified atom stereocenters. The van der Waals surface area contributed by atoms with Gasteiger partial charge in [0.1, 0.15) is 17.2 Å². The standard InChI is InChI=1S/C16H17ClN2O4/c1-21-12-7-11(8-13(9-12)22-2)18-16(20)19-14-6-10(17)4-5-15(14)23-3/h4-9H,1-3H3,(H2,18,19,20). The molecule has 2 amide bonds. The summed E-state index contributed by atoms with van der Waals surface area (Å²) in [5, 5.41) is 5.88. The Kier molecular flexibility index (Phi) is 5.54. The molecule has 0 aromatic heterocycles. The lowest BCUT2D eigenvalue weighted by atomic mass is 10.2. The van der Waals surface area contributed by atoms with Crippen LogP contribution in [0.15, 0.2) is 36.4 Å². The van der Waals surface area contributed by atoms with Crippen LogP contribution in [0.25, 0.3) is 0 Å². The average Bonchev–Trinajstić information content (AvgIpc) is 2.54. The van der Waals surface area contributed by atoms with Crippen molar-refractivity contribution in [2.24, 2.45) is 0 Å². The van der Waals surface area contributed by atoms with E-state index in [9.17, 15) is 4.79 Å². The molecule has 0 bridgehead atoms. The first-order valence-electron chi connectivity index (χ1n) is 6.70. The van der Waals surface area contributed by atoms with E-state index >= 15 is 0 Å². The zero-order valence-electron chi connectivity index (χ0n) is 13.0. The third-order valence-electron chi connectivity index (χ3n) is 3.02. The molecule has 23 heavy (non-hydrogen) atoms. The van der Waals surface area contributed by atoms with Gasteiger partial charge < -0.3 is 24.8 Å². The predicted octanol–water partition coefficient (Wildman–Crippen LogP) is 4.01. The van der Waals surface area contributed by atoms with Gasteiger partial charge >= 0.3 is 6.03 Å². The highest BCUT2D eigenvalue weighted by atomic mass is 35.5. The molecule has 0 spiro atoms. The summed E-state index contributed by atoms with van der Waals surface area (Å²) in [6.07, 6.45) is 0. The molecule has 0 radical (unpaired) electrons.